The first-order chi connectivity index (χ1) is 8.43. The van der Waals surface area contributed by atoms with E-state index in [1.807, 2.05) is 0 Å². The molecule has 2 aliphatic rings. The number of nitrogens with zero attached hydrogens (tertiary/aromatic N) is 5. The van der Waals surface area contributed by atoms with Gasteiger partial charge in [0, 0.05) is 0 Å². The summed E-state index contributed by atoms with van der Waals surface area (Å²) in [5, 5.41) is 12.3. The third kappa shape index (κ3) is 2.49. The zero-order chi connectivity index (χ0) is 11.5. The molecule has 0 aromatic carbocycles. The van der Waals surface area contributed by atoms with Crippen molar-refractivity contribution in [2.24, 2.45) is 0 Å². The number of rotatable bonds is 3. The molecule has 1 saturated carbocycles. The maximum Gasteiger partial charge on any atom is 0.165 e. The molecule has 1 aliphatic heterocycles. The van der Waals surface area contributed by atoms with E-state index in [-0.39, 0.29) is 0 Å². The summed E-state index contributed by atoms with van der Waals surface area (Å²) in [6.07, 6.45) is 9.18. The van der Waals surface area contributed by atoms with Crippen LogP contribution in [0.1, 0.15) is 56.8 Å². The molecule has 0 amide bonds. The van der Waals surface area contributed by atoms with E-state index >= 15 is 0 Å². The second-order valence-corrected chi connectivity index (χ2v) is 5.31. The van der Waals surface area contributed by atoms with Gasteiger partial charge in [0.05, 0.1) is 12.6 Å². The molecule has 1 saturated heterocycles. The van der Waals surface area contributed by atoms with Crippen molar-refractivity contribution < 1.29 is 0 Å². The summed E-state index contributed by atoms with van der Waals surface area (Å²) in [6.45, 7) is 3.35. The molecular formula is C12H21N5. The highest BCUT2D eigenvalue weighted by Gasteiger charge is 2.22. The fraction of sp³-hybridized carbons (Fsp3) is 0.917. The lowest BCUT2D eigenvalue weighted by molar-refractivity contribution is 0.209. The molecule has 3 rings (SSSR count). The van der Waals surface area contributed by atoms with Crippen molar-refractivity contribution in [2.75, 3.05) is 13.1 Å². The Kier molecular flexibility index (Phi) is 3.36. The molecule has 0 atom stereocenters. The monoisotopic (exact) mass is 235 g/mol. The minimum Gasteiger partial charge on any atom is -0.296 e. The molecule has 0 unspecified atom stereocenters. The van der Waals surface area contributed by atoms with Crippen molar-refractivity contribution in [3.8, 4) is 0 Å². The summed E-state index contributed by atoms with van der Waals surface area (Å²) >= 11 is 0. The van der Waals surface area contributed by atoms with Gasteiger partial charge in [0.15, 0.2) is 5.82 Å². The molecule has 1 aromatic rings. The molecule has 0 bridgehead atoms. The van der Waals surface area contributed by atoms with E-state index in [0.29, 0.717) is 6.04 Å². The Morgan fingerprint density at radius 3 is 2.53 bits per heavy atom. The average molecular weight is 235 g/mol. The number of tetrazole rings is 1. The van der Waals surface area contributed by atoms with E-state index in [9.17, 15) is 0 Å². The Morgan fingerprint density at radius 1 is 1.00 bits per heavy atom. The highest BCUT2D eigenvalue weighted by atomic mass is 15.6. The smallest absolute Gasteiger partial charge is 0.165 e. The fourth-order valence-corrected chi connectivity index (χ4v) is 3.07. The first-order valence-corrected chi connectivity index (χ1v) is 6.92. The number of aromatic nitrogens is 4. The first kappa shape index (κ1) is 11.1. The number of piperidine rings is 1. The molecule has 5 heteroatoms. The van der Waals surface area contributed by atoms with Crippen LogP contribution in [-0.4, -0.2) is 38.2 Å². The Bertz CT molecular complexity index is 350. The normalized spacial score (nSPS) is 23.3. The second-order valence-electron chi connectivity index (χ2n) is 5.31. The van der Waals surface area contributed by atoms with Gasteiger partial charge in [0.1, 0.15) is 0 Å². The highest BCUT2D eigenvalue weighted by molar-refractivity contribution is 4.87. The Labute approximate surface area is 102 Å². The van der Waals surface area contributed by atoms with Gasteiger partial charge in [-0.1, -0.05) is 19.3 Å². The van der Waals surface area contributed by atoms with E-state index < -0.39 is 0 Å². The Balaban J connectivity index is 1.67. The fourth-order valence-electron chi connectivity index (χ4n) is 3.07. The standard InChI is InChI=1S/C12H21N5/c1-4-8-16(9-5-1)10-12-13-14-15-17(12)11-6-2-3-7-11/h11H,1-10H2. The third-order valence-electron chi connectivity index (χ3n) is 4.05. The topological polar surface area (TPSA) is 46.8 Å². The summed E-state index contributed by atoms with van der Waals surface area (Å²) in [4.78, 5) is 2.49. The van der Waals surface area contributed by atoms with Gasteiger partial charge < -0.3 is 0 Å². The van der Waals surface area contributed by atoms with Gasteiger partial charge in [0.2, 0.25) is 0 Å². The molecule has 17 heavy (non-hydrogen) atoms. The minimum atomic E-state index is 0.560. The van der Waals surface area contributed by atoms with Gasteiger partial charge in [-0.3, -0.25) is 4.90 Å². The molecule has 2 heterocycles. The van der Waals surface area contributed by atoms with Gasteiger partial charge in [-0.05, 0) is 49.2 Å². The summed E-state index contributed by atoms with van der Waals surface area (Å²) in [5.41, 5.74) is 0. The number of hydrogen-bond donors (Lipinski definition) is 0. The summed E-state index contributed by atoms with van der Waals surface area (Å²) in [5.74, 6) is 1.07. The highest BCUT2D eigenvalue weighted by Crippen LogP contribution is 2.29. The summed E-state index contributed by atoms with van der Waals surface area (Å²) in [7, 11) is 0. The van der Waals surface area contributed by atoms with Crippen LogP contribution < -0.4 is 0 Å². The Morgan fingerprint density at radius 2 is 1.76 bits per heavy atom. The summed E-state index contributed by atoms with van der Waals surface area (Å²) < 4.78 is 2.08. The molecule has 2 fully saturated rings. The SMILES string of the molecule is C1CCN(Cc2nnnn2C2CCCC2)CC1. The lowest BCUT2D eigenvalue weighted by Crippen LogP contribution is -2.30. The van der Waals surface area contributed by atoms with Crippen molar-refractivity contribution in [3.05, 3.63) is 5.82 Å². The minimum absolute atomic E-state index is 0.560. The maximum absolute atomic E-state index is 4.22. The van der Waals surface area contributed by atoms with Gasteiger partial charge in [0.25, 0.3) is 0 Å². The zero-order valence-corrected chi connectivity index (χ0v) is 10.4. The van der Waals surface area contributed by atoms with Gasteiger partial charge >= 0.3 is 0 Å². The third-order valence-corrected chi connectivity index (χ3v) is 4.05. The second kappa shape index (κ2) is 5.12. The van der Waals surface area contributed by atoms with Crippen molar-refractivity contribution in [1.82, 2.24) is 25.1 Å². The summed E-state index contributed by atoms with van der Waals surface area (Å²) in [6, 6.07) is 0.560. The van der Waals surface area contributed by atoms with Crippen LogP contribution in [0, 0.1) is 0 Å². The molecule has 1 aliphatic carbocycles. The van der Waals surface area contributed by atoms with Crippen LogP contribution in [-0.2, 0) is 6.54 Å². The van der Waals surface area contributed by atoms with Crippen molar-refractivity contribution in [3.63, 3.8) is 0 Å². The van der Waals surface area contributed by atoms with Crippen LogP contribution in [0.15, 0.2) is 0 Å². The molecular weight excluding hydrogens is 214 g/mol. The predicted molar refractivity (Wildman–Crippen MR) is 64.5 cm³/mol. The van der Waals surface area contributed by atoms with Crippen molar-refractivity contribution in [1.29, 1.82) is 0 Å². The van der Waals surface area contributed by atoms with Crippen LogP contribution in [0.2, 0.25) is 0 Å². The van der Waals surface area contributed by atoms with Crippen LogP contribution in [0.5, 0.6) is 0 Å². The van der Waals surface area contributed by atoms with Gasteiger partial charge in [-0.25, -0.2) is 4.68 Å². The molecule has 5 nitrogen and oxygen atoms in total. The largest absolute Gasteiger partial charge is 0.296 e. The van der Waals surface area contributed by atoms with Crippen LogP contribution in [0.4, 0.5) is 0 Å². The van der Waals surface area contributed by atoms with E-state index in [1.165, 1.54) is 58.0 Å². The molecule has 94 valence electrons. The zero-order valence-electron chi connectivity index (χ0n) is 10.4. The Hall–Kier alpha value is -0.970. The number of likely N-dealkylation sites (tertiary alicyclic amines) is 1. The van der Waals surface area contributed by atoms with Crippen molar-refractivity contribution >= 4 is 0 Å². The van der Waals surface area contributed by atoms with Crippen LogP contribution >= 0.6 is 0 Å². The van der Waals surface area contributed by atoms with E-state index in [1.54, 1.807) is 0 Å². The van der Waals surface area contributed by atoms with Gasteiger partial charge in [-0.2, -0.15) is 0 Å². The average Bonchev–Trinajstić information content (AvgIpc) is 3.00. The molecule has 0 N–H and O–H groups in total. The lowest BCUT2D eigenvalue weighted by Gasteiger charge is -2.26. The molecule has 1 aromatic heterocycles. The van der Waals surface area contributed by atoms with Crippen LogP contribution in [0.3, 0.4) is 0 Å². The van der Waals surface area contributed by atoms with Crippen LogP contribution in [0.25, 0.3) is 0 Å². The predicted octanol–water partition coefficient (Wildman–Crippen LogP) is 1.77. The maximum atomic E-state index is 4.22. The van der Waals surface area contributed by atoms with E-state index in [2.05, 4.69) is 25.1 Å². The van der Waals surface area contributed by atoms with E-state index in [0.717, 1.165) is 12.4 Å². The molecule has 0 radical (unpaired) electrons. The first-order valence-electron chi connectivity index (χ1n) is 6.92. The number of hydrogen-bond acceptors (Lipinski definition) is 4. The lowest BCUT2D eigenvalue weighted by atomic mass is 10.1. The van der Waals surface area contributed by atoms with E-state index in [4.69, 9.17) is 0 Å². The molecule has 0 spiro atoms. The van der Waals surface area contributed by atoms with Crippen molar-refractivity contribution in [2.45, 2.75) is 57.5 Å². The quantitative estimate of drug-likeness (QED) is 0.801. The van der Waals surface area contributed by atoms with Gasteiger partial charge in [-0.15, -0.1) is 5.10 Å².